The molecule has 0 aliphatic heterocycles. The fraction of sp³-hybridized carbons (Fsp3) is 0.318. The zero-order chi connectivity index (χ0) is 22.8. The Bertz CT molecular complexity index is 923. The smallest absolute Gasteiger partial charge is 0.251 e. The molecule has 2 aromatic rings. The van der Waals surface area contributed by atoms with Crippen LogP contribution in [0.25, 0.3) is 0 Å². The van der Waals surface area contributed by atoms with Crippen LogP contribution in [0.4, 0.5) is 10.1 Å². The van der Waals surface area contributed by atoms with Gasteiger partial charge in [0, 0.05) is 30.1 Å². The quantitative estimate of drug-likeness (QED) is 0.504. The van der Waals surface area contributed by atoms with Gasteiger partial charge >= 0.3 is 0 Å². The summed E-state index contributed by atoms with van der Waals surface area (Å²) in [4.78, 5) is 38.4. The van der Waals surface area contributed by atoms with E-state index in [1.807, 2.05) is 6.92 Å². The number of halogens is 3. The number of amides is 3. The molecule has 0 bridgehead atoms. The van der Waals surface area contributed by atoms with Gasteiger partial charge in [-0.1, -0.05) is 30.1 Å². The lowest BCUT2D eigenvalue weighted by molar-refractivity contribution is -0.134. The van der Waals surface area contributed by atoms with Crippen LogP contribution < -0.4 is 10.6 Å². The van der Waals surface area contributed by atoms with Crippen LogP contribution in [0.3, 0.4) is 0 Å². The van der Waals surface area contributed by atoms with Crippen LogP contribution in [0, 0.1) is 5.82 Å². The zero-order valence-corrected chi connectivity index (χ0v) is 18.6. The van der Waals surface area contributed by atoms with E-state index in [1.54, 1.807) is 12.1 Å². The van der Waals surface area contributed by atoms with Crippen molar-refractivity contribution in [3.05, 3.63) is 63.9 Å². The summed E-state index contributed by atoms with van der Waals surface area (Å²) in [6.45, 7) is 2.53. The van der Waals surface area contributed by atoms with E-state index in [0.717, 1.165) is 0 Å². The summed E-state index contributed by atoms with van der Waals surface area (Å²) in [5.74, 6) is -1.30. The maximum absolute atomic E-state index is 12.9. The Balaban J connectivity index is 1.80. The van der Waals surface area contributed by atoms with Crippen molar-refractivity contribution < 1.29 is 18.8 Å². The predicted octanol–water partition coefficient (Wildman–Crippen LogP) is 4.52. The molecule has 2 N–H and O–H groups in total. The molecular weight excluding hydrogens is 444 g/mol. The third kappa shape index (κ3) is 8.19. The van der Waals surface area contributed by atoms with Crippen LogP contribution in [0.15, 0.2) is 42.5 Å². The number of carbonyl (C=O) groups is 3. The van der Waals surface area contributed by atoms with Crippen molar-refractivity contribution in [2.24, 2.45) is 0 Å². The van der Waals surface area contributed by atoms with Crippen LogP contribution in [-0.4, -0.2) is 42.3 Å². The number of rotatable bonds is 10. The van der Waals surface area contributed by atoms with Gasteiger partial charge in [0.1, 0.15) is 5.82 Å². The zero-order valence-electron chi connectivity index (χ0n) is 17.1. The number of nitrogens with one attached hydrogen (secondary N) is 2. The first kappa shape index (κ1) is 24.6. The Kier molecular flexibility index (Phi) is 9.75. The molecule has 31 heavy (non-hydrogen) atoms. The molecule has 0 fully saturated rings. The van der Waals surface area contributed by atoms with Gasteiger partial charge in [-0.15, -0.1) is 0 Å². The van der Waals surface area contributed by atoms with Crippen molar-refractivity contribution in [2.45, 2.75) is 26.2 Å². The molecule has 0 saturated heterocycles. The normalized spacial score (nSPS) is 10.5. The second-order valence-electron chi connectivity index (χ2n) is 6.85. The molecule has 3 amide bonds. The highest BCUT2D eigenvalue weighted by molar-refractivity contribution is 6.36. The summed E-state index contributed by atoms with van der Waals surface area (Å²) in [5, 5.41) is 6.14. The first-order chi connectivity index (χ1) is 14.8. The molecule has 0 unspecified atom stereocenters. The molecule has 2 rings (SSSR count). The summed E-state index contributed by atoms with van der Waals surface area (Å²) >= 11 is 11.9. The number of carbonyl (C=O) groups excluding carboxylic acids is 3. The molecule has 0 atom stereocenters. The number of nitrogens with zero attached hydrogens (tertiary/aromatic N) is 1. The lowest BCUT2D eigenvalue weighted by atomic mass is 10.2. The minimum atomic E-state index is -0.416. The highest BCUT2D eigenvalue weighted by Gasteiger charge is 2.17. The van der Waals surface area contributed by atoms with E-state index < -0.39 is 5.82 Å². The van der Waals surface area contributed by atoms with Gasteiger partial charge in [0.25, 0.3) is 5.91 Å². The largest absolute Gasteiger partial charge is 0.352 e. The van der Waals surface area contributed by atoms with Crippen LogP contribution >= 0.6 is 23.2 Å². The van der Waals surface area contributed by atoms with Crippen molar-refractivity contribution in [3.63, 3.8) is 0 Å². The maximum atomic E-state index is 12.9. The monoisotopic (exact) mass is 467 g/mol. The Labute approximate surface area is 190 Å². The molecule has 0 aliphatic rings. The highest BCUT2D eigenvalue weighted by Crippen LogP contribution is 2.25. The van der Waals surface area contributed by atoms with Crippen molar-refractivity contribution in [3.8, 4) is 0 Å². The van der Waals surface area contributed by atoms with Crippen LogP contribution in [0.5, 0.6) is 0 Å². The van der Waals surface area contributed by atoms with Gasteiger partial charge in [-0.3, -0.25) is 14.4 Å². The second-order valence-corrected chi connectivity index (χ2v) is 7.70. The first-order valence-corrected chi connectivity index (χ1v) is 10.6. The van der Waals surface area contributed by atoms with E-state index >= 15 is 0 Å². The molecule has 0 heterocycles. The summed E-state index contributed by atoms with van der Waals surface area (Å²) in [6.07, 6.45) is 1.29. The summed E-state index contributed by atoms with van der Waals surface area (Å²) < 4.78 is 12.9. The Morgan fingerprint density at radius 2 is 1.77 bits per heavy atom. The van der Waals surface area contributed by atoms with Gasteiger partial charge in [0.05, 0.1) is 17.3 Å². The number of hydrogen-bond acceptors (Lipinski definition) is 3. The molecule has 166 valence electrons. The van der Waals surface area contributed by atoms with E-state index in [2.05, 4.69) is 10.6 Å². The van der Waals surface area contributed by atoms with Crippen LogP contribution in [-0.2, 0) is 9.59 Å². The van der Waals surface area contributed by atoms with Crippen molar-refractivity contribution >= 4 is 46.6 Å². The molecule has 0 saturated carbocycles. The van der Waals surface area contributed by atoms with E-state index in [-0.39, 0.29) is 37.2 Å². The summed E-state index contributed by atoms with van der Waals surface area (Å²) in [5.41, 5.74) is 0.765. The molecule has 0 aliphatic carbocycles. The summed E-state index contributed by atoms with van der Waals surface area (Å²) in [7, 11) is 0. The third-order valence-electron chi connectivity index (χ3n) is 4.35. The minimum absolute atomic E-state index is 0.104. The Hall–Kier alpha value is -2.64. The standard InChI is InChI=1S/C22H24Cl2FN3O3/c1-2-12-28(14-20(29)27-19-10-7-16(23)13-18(19)24)21(30)4-3-11-26-22(31)15-5-8-17(25)9-6-15/h5-10,13H,2-4,11-12,14H2,1H3,(H,26,31)(H,27,29). The Morgan fingerprint density at radius 1 is 1.06 bits per heavy atom. The summed E-state index contributed by atoms with van der Waals surface area (Å²) in [6, 6.07) is 9.94. The maximum Gasteiger partial charge on any atom is 0.251 e. The van der Waals surface area contributed by atoms with Gasteiger partial charge < -0.3 is 15.5 Å². The first-order valence-electron chi connectivity index (χ1n) is 9.86. The predicted molar refractivity (Wildman–Crippen MR) is 120 cm³/mol. The lowest BCUT2D eigenvalue weighted by Crippen LogP contribution is -2.38. The van der Waals surface area contributed by atoms with Gasteiger partial charge in [0.2, 0.25) is 11.8 Å². The minimum Gasteiger partial charge on any atom is -0.352 e. The van der Waals surface area contributed by atoms with Crippen molar-refractivity contribution in [1.29, 1.82) is 0 Å². The average molecular weight is 468 g/mol. The topological polar surface area (TPSA) is 78.5 Å². The second kappa shape index (κ2) is 12.3. The van der Waals surface area contributed by atoms with E-state index in [4.69, 9.17) is 23.2 Å². The molecule has 9 heteroatoms. The Morgan fingerprint density at radius 3 is 2.42 bits per heavy atom. The number of hydrogen-bond donors (Lipinski definition) is 2. The molecular formula is C22H24Cl2FN3O3. The van der Waals surface area contributed by atoms with Gasteiger partial charge in [-0.2, -0.15) is 0 Å². The molecule has 0 radical (unpaired) electrons. The van der Waals surface area contributed by atoms with Gasteiger partial charge in [-0.05, 0) is 55.3 Å². The SMILES string of the molecule is CCCN(CC(=O)Nc1ccc(Cl)cc1Cl)C(=O)CCCNC(=O)c1ccc(F)cc1. The third-order valence-corrected chi connectivity index (χ3v) is 4.89. The van der Waals surface area contributed by atoms with Crippen molar-refractivity contribution in [2.75, 3.05) is 25.0 Å². The fourth-order valence-corrected chi connectivity index (χ4v) is 3.27. The molecule has 6 nitrogen and oxygen atoms in total. The highest BCUT2D eigenvalue weighted by atomic mass is 35.5. The van der Waals surface area contributed by atoms with Crippen LogP contribution in [0.1, 0.15) is 36.5 Å². The van der Waals surface area contributed by atoms with E-state index in [1.165, 1.54) is 35.2 Å². The molecule has 0 aromatic heterocycles. The van der Waals surface area contributed by atoms with Crippen LogP contribution in [0.2, 0.25) is 10.0 Å². The van der Waals surface area contributed by atoms with E-state index in [9.17, 15) is 18.8 Å². The number of benzene rings is 2. The van der Waals surface area contributed by atoms with Crippen molar-refractivity contribution in [1.82, 2.24) is 10.2 Å². The average Bonchev–Trinajstić information content (AvgIpc) is 2.73. The fourth-order valence-electron chi connectivity index (χ4n) is 2.82. The van der Waals surface area contributed by atoms with E-state index in [0.29, 0.717) is 40.7 Å². The lowest BCUT2D eigenvalue weighted by Gasteiger charge is -2.22. The molecule has 0 spiro atoms. The number of anilines is 1. The van der Waals surface area contributed by atoms with Gasteiger partial charge in [0.15, 0.2) is 0 Å². The van der Waals surface area contributed by atoms with Gasteiger partial charge in [-0.25, -0.2) is 4.39 Å². The molecule has 2 aromatic carbocycles.